The van der Waals surface area contributed by atoms with E-state index in [4.69, 9.17) is 15.5 Å². The lowest BCUT2D eigenvalue weighted by molar-refractivity contribution is -0.127. The molecule has 8 nitrogen and oxygen atoms in total. The van der Waals surface area contributed by atoms with E-state index >= 15 is 0 Å². The van der Waals surface area contributed by atoms with Crippen molar-refractivity contribution >= 4 is 24.9 Å². The number of nitrogens with two attached hydrogens (primary N) is 1. The molecule has 1 atom stereocenters. The van der Waals surface area contributed by atoms with Crippen LogP contribution in [-0.2, 0) is 16.0 Å². The molecule has 1 unspecified atom stereocenters. The minimum atomic E-state index is -1.41. The van der Waals surface area contributed by atoms with Gasteiger partial charge >= 0.3 is 13.1 Å². The van der Waals surface area contributed by atoms with Crippen LogP contribution in [0, 0.1) is 0 Å². The summed E-state index contributed by atoms with van der Waals surface area (Å²) >= 11 is 0. The van der Waals surface area contributed by atoms with E-state index < -0.39 is 37.3 Å². The van der Waals surface area contributed by atoms with E-state index in [1.54, 1.807) is 12.1 Å². The average molecular weight is 292 g/mol. The highest BCUT2D eigenvalue weighted by Gasteiger charge is 2.37. The van der Waals surface area contributed by atoms with Crippen molar-refractivity contribution in [3.05, 3.63) is 29.3 Å². The Balaban J connectivity index is 2.17. The molecule has 0 aliphatic carbocycles. The van der Waals surface area contributed by atoms with Crippen LogP contribution in [-0.4, -0.2) is 41.0 Å². The van der Waals surface area contributed by atoms with Crippen molar-refractivity contribution in [1.82, 2.24) is 5.32 Å². The maximum atomic E-state index is 11.5. The Kier molecular flexibility index (Phi) is 4.13. The first-order chi connectivity index (χ1) is 9.88. The summed E-state index contributed by atoms with van der Waals surface area (Å²) in [6, 6.07) is 4.55. The van der Waals surface area contributed by atoms with Gasteiger partial charge in [-0.25, -0.2) is 4.79 Å². The predicted molar refractivity (Wildman–Crippen MR) is 71.4 cm³/mol. The summed E-state index contributed by atoms with van der Waals surface area (Å²) in [6.45, 7) is 0. The third kappa shape index (κ3) is 3.32. The van der Waals surface area contributed by atoms with Gasteiger partial charge in [0.1, 0.15) is 12.2 Å². The van der Waals surface area contributed by atoms with Crippen LogP contribution in [0.5, 0.6) is 5.75 Å². The number of hydrogen-bond donors (Lipinski definition) is 4. The largest absolute Gasteiger partial charge is 0.547 e. The number of carboxylic acid groups (broad SMARTS) is 1. The van der Waals surface area contributed by atoms with Crippen molar-refractivity contribution in [1.29, 1.82) is 0 Å². The number of rotatable bonds is 4. The molecule has 1 heterocycles. The Hall–Kier alpha value is -2.55. The lowest BCUT2D eigenvalue weighted by Gasteiger charge is -2.28. The minimum absolute atomic E-state index is 0.0616. The first-order valence-electron chi connectivity index (χ1n) is 6.16. The molecule has 1 aliphatic heterocycles. The minimum Gasteiger partial charge on any atom is -0.534 e. The number of nitrogens with one attached hydrogen (secondary N) is 1. The topological polar surface area (TPSA) is 139 Å². The van der Waals surface area contributed by atoms with Gasteiger partial charge in [-0.05, 0) is 18.1 Å². The van der Waals surface area contributed by atoms with Gasteiger partial charge in [-0.15, -0.1) is 0 Å². The molecule has 2 rings (SSSR count). The Morgan fingerprint density at radius 1 is 1.43 bits per heavy atom. The highest BCUT2D eigenvalue weighted by molar-refractivity contribution is 6.47. The fraction of sp³-hybridized carbons (Fsp3) is 0.250. The molecule has 21 heavy (non-hydrogen) atoms. The van der Waals surface area contributed by atoms with Crippen LogP contribution in [0.3, 0.4) is 0 Å². The third-order valence-corrected chi connectivity index (χ3v) is 3.03. The molecule has 9 heteroatoms. The highest BCUT2D eigenvalue weighted by Crippen LogP contribution is 2.30. The van der Waals surface area contributed by atoms with Gasteiger partial charge in [0.05, 0.1) is 11.5 Å². The lowest BCUT2D eigenvalue weighted by atomic mass is 9.72. The summed E-state index contributed by atoms with van der Waals surface area (Å²) in [6.07, 6.45) is -0.312. The molecule has 1 aliphatic rings. The van der Waals surface area contributed by atoms with E-state index in [-0.39, 0.29) is 17.7 Å². The van der Waals surface area contributed by atoms with Crippen LogP contribution in [0.25, 0.3) is 0 Å². The molecule has 0 saturated carbocycles. The second kappa shape index (κ2) is 5.84. The van der Waals surface area contributed by atoms with Crippen molar-refractivity contribution in [3.63, 3.8) is 0 Å². The monoisotopic (exact) mass is 292 g/mol. The van der Waals surface area contributed by atoms with Crippen molar-refractivity contribution in [2.45, 2.75) is 18.8 Å². The lowest BCUT2D eigenvalue weighted by Crippen LogP contribution is -2.53. The van der Waals surface area contributed by atoms with Crippen LogP contribution in [0.4, 0.5) is 0 Å². The molecule has 0 aromatic heterocycles. The molecular formula is C12H13BN2O6. The molecular weight excluding hydrogens is 279 g/mol. The number of benzene rings is 1. The van der Waals surface area contributed by atoms with Crippen LogP contribution >= 0.6 is 0 Å². The SMILES string of the molecule is NC(=O)CC(=O)NC1Cc2cccc(C(=O)O)c2OB1O. The quantitative estimate of drug-likeness (QED) is 0.402. The van der Waals surface area contributed by atoms with E-state index in [1.807, 2.05) is 0 Å². The molecule has 0 bridgehead atoms. The maximum absolute atomic E-state index is 11.5. The van der Waals surface area contributed by atoms with E-state index in [1.165, 1.54) is 6.07 Å². The predicted octanol–water partition coefficient (Wildman–Crippen LogP) is -1.30. The summed E-state index contributed by atoms with van der Waals surface area (Å²) in [7, 11) is -1.41. The zero-order valence-electron chi connectivity index (χ0n) is 10.9. The van der Waals surface area contributed by atoms with Crippen molar-refractivity contribution in [3.8, 4) is 5.75 Å². The van der Waals surface area contributed by atoms with E-state index in [9.17, 15) is 19.4 Å². The normalized spacial score (nSPS) is 16.6. The zero-order valence-corrected chi connectivity index (χ0v) is 10.9. The molecule has 1 aromatic rings. The van der Waals surface area contributed by atoms with Gasteiger partial charge in [0.25, 0.3) is 0 Å². The van der Waals surface area contributed by atoms with Crippen LogP contribution in [0.1, 0.15) is 22.3 Å². The Bertz CT molecular complexity index is 605. The third-order valence-electron chi connectivity index (χ3n) is 3.03. The summed E-state index contributed by atoms with van der Waals surface area (Å²) in [4.78, 5) is 33.2. The van der Waals surface area contributed by atoms with Gasteiger partial charge in [-0.3, -0.25) is 9.59 Å². The Morgan fingerprint density at radius 2 is 2.14 bits per heavy atom. The van der Waals surface area contributed by atoms with Crippen molar-refractivity contribution < 1.29 is 29.2 Å². The Labute approximate surface area is 120 Å². The number of hydrogen-bond acceptors (Lipinski definition) is 5. The van der Waals surface area contributed by atoms with Crippen LogP contribution < -0.4 is 15.7 Å². The first kappa shape index (κ1) is 14.9. The molecule has 0 saturated heterocycles. The number of fused-ring (bicyclic) bond motifs is 1. The number of carbonyl (C=O) groups is 3. The fourth-order valence-corrected chi connectivity index (χ4v) is 2.13. The van der Waals surface area contributed by atoms with Gasteiger partial charge in [0.15, 0.2) is 0 Å². The summed E-state index contributed by atoms with van der Waals surface area (Å²) in [5, 5.41) is 21.3. The van der Waals surface area contributed by atoms with Crippen molar-refractivity contribution in [2.24, 2.45) is 5.73 Å². The van der Waals surface area contributed by atoms with Gasteiger partial charge in [0.2, 0.25) is 11.8 Å². The molecule has 0 spiro atoms. The average Bonchev–Trinajstić information content (AvgIpc) is 2.37. The molecule has 0 fully saturated rings. The van der Waals surface area contributed by atoms with Crippen LogP contribution in [0.2, 0.25) is 0 Å². The zero-order chi connectivity index (χ0) is 15.6. The van der Waals surface area contributed by atoms with E-state index in [0.29, 0.717) is 5.56 Å². The second-order valence-electron chi connectivity index (χ2n) is 4.63. The summed E-state index contributed by atoms with van der Waals surface area (Å²) in [5.74, 6) is -3.29. The number of carbonyl (C=O) groups excluding carboxylic acids is 2. The molecule has 2 amide bonds. The standard InChI is InChI=1S/C12H13BN2O6/c14-9(16)5-10(17)15-8-4-6-2-1-3-7(12(18)19)11(6)21-13(8)20/h1-3,8,20H,4-5H2,(H2,14,16)(H,15,17)(H,18,19). The smallest absolute Gasteiger partial charge is 0.534 e. The van der Waals surface area contributed by atoms with Crippen molar-refractivity contribution in [2.75, 3.05) is 0 Å². The number of para-hydroxylation sites is 1. The second-order valence-corrected chi connectivity index (χ2v) is 4.63. The van der Waals surface area contributed by atoms with E-state index in [2.05, 4.69) is 5.32 Å². The van der Waals surface area contributed by atoms with Gasteiger partial charge < -0.3 is 25.8 Å². The fourth-order valence-electron chi connectivity index (χ4n) is 2.13. The van der Waals surface area contributed by atoms with Gasteiger partial charge in [-0.1, -0.05) is 12.1 Å². The summed E-state index contributed by atoms with van der Waals surface area (Å²) < 4.78 is 5.19. The molecule has 5 N–H and O–H groups in total. The number of aromatic carboxylic acids is 1. The summed E-state index contributed by atoms with van der Waals surface area (Å²) in [5.41, 5.74) is 5.39. The number of amides is 2. The first-order valence-corrected chi connectivity index (χ1v) is 6.16. The maximum Gasteiger partial charge on any atom is 0.547 e. The molecule has 0 radical (unpaired) electrons. The highest BCUT2D eigenvalue weighted by atomic mass is 16.5. The van der Waals surface area contributed by atoms with E-state index in [0.717, 1.165) is 0 Å². The Morgan fingerprint density at radius 3 is 2.76 bits per heavy atom. The van der Waals surface area contributed by atoms with Crippen LogP contribution in [0.15, 0.2) is 18.2 Å². The molecule has 110 valence electrons. The number of carboxylic acids is 1. The van der Waals surface area contributed by atoms with Gasteiger partial charge in [-0.2, -0.15) is 0 Å². The molecule has 1 aromatic carbocycles. The van der Waals surface area contributed by atoms with Gasteiger partial charge in [0, 0.05) is 0 Å². The number of primary amides is 1.